The zero-order valence-corrected chi connectivity index (χ0v) is 13.8. The molecule has 6 nitrogen and oxygen atoms in total. The number of benzene rings is 1. The molecule has 0 aromatic heterocycles. The molecule has 1 rings (SSSR count). The summed E-state index contributed by atoms with van der Waals surface area (Å²) in [5.41, 5.74) is 1.08. The molecule has 0 bridgehead atoms. The number of hydrogen-bond acceptors (Lipinski definition) is 5. The van der Waals surface area contributed by atoms with E-state index in [-0.39, 0.29) is 11.9 Å². The van der Waals surface area contributed by atoms with Crippen LogP contribution in [0.15, 0.2) is 18.2 Å². The largest absolute Gasteiger partial charge is 0.493 e. The molecule has 0 saturated heterocycles. The Morgan fingerprint density at radius 3 is 2.55 bits per heavy atom. The molecule has 0 radical (unpaired) electrons. The lowest BCUT2D eigenvalue weighted by Crippen LogP contribution is -2.40. The minimum absolute atomic E-state index is 0.0240. The molecule has 0 heterocycles. The Kier molecular flexibility index (Phi) is 8.32. The van der Waals surface area contributed by atoms with E-state index in [4.69, 9.17) is 14.2 Å². The Bertz CT molecular complexity index is 465. The van der Waals surface area contributed by atoms with Gasteiger partial charge in [0.05, 0.1) is 27.4 Å². The molecule has 1 atom stereocenters. The summed E-state index contributed by atoms with van der Waals surface area (Å²) in [6.45, 7) is 3.52. The van der Waals surface area contributed by atoms with Crippen LogP contribution in [0.4, 0.5) is 0 Å². The highest BCUT2D eigenvalue weighted by Crippen LogP contribution is 2.27. The van der Waals surface area contributed by atoms with Crippen molar-refractivity contribution in [3.63, 3.8) is 0 Å². The van der Waals surface area contributed by atoms with E-state index in [0.717, 1.165) is 12.0 Å². The van der Waals surface area contributed by atoms with Crippen molar-refractivity contribution < 1.29 is 19.0 Å². The molecule has 6 heteroatoms. The second-order valence-electron chi connectivity index (χ2n) is 5.03. The van der Waals surface area contributed by atoms with E-state index in [0.29, 0.717) is 31.2 Å². The average Bonchev–Trinajstić information content (AvgIpc) is 2.51. The molecule has 124 valence electrons. The lowest BCUT2D eigenvalue weighted by Gasteiger charge is -2.15. The van der Waals surface area contributed by atoms with Gasteiger partial charge in [0, 0.05) is 19.7 Å². The van der Waals surface area contributed by atoms with Gasteiger partial charge in [-0.05, 0) is 31.0 Å². The first kappa shape index (κ1) is 18.3. The average molecular weight is 310 g/mol. The zero-order valence-electron chi connectivity index (χ0n) is 13.8. The minimum Gasteiger partial charge on any atom is -0.493 e. The normalized spacial score (nSPS) is 11.8. The molecule has 0 aliphatic heterocycles. The van der Waals surface area contributed by atoms with E-state index < -0.39 is 0 Å². The summed E-state index contributed by atoms with van der Waals surface area (Å²) < 4.78 is 15.4. The minimum atomic E-state index is -0.0240. The van der Waals surface area contributed by atoms with Gasteiger partial charge in [-0.15, -0.1) is 0 Å². The van der Waals surface area contributed by atoms with Crippen molar-refractivity contribution in [3.05, 3.63) is 23.8 Å². The van der Waals surface area contributed by atoms with Crippen LogP contribution in [0.3, 0.4) is 0 Å². The van der Waals surface area contributed by atoms with E-state index in [1.54, 1.807) is 21.3 Å². The predicted molar refractivity (Wildman–Crippen MR) is 85.6 cm³/mol. The number of carbonyl (C=O) groups excluding carboxylic acids is 1. The fourth-order valence-corrected chi connectivity index (χ4v) is 2.11. The topological polar surface area (TPSA) is 68.8 Å². The molecule has 1 aromatic rings. The van der Waals surface area contributed by atoms with Crippen LogP contribution in [0.25, 0.3) is 0 Å². The van der Waals surface area contributed by atoms with Crippen molar-refractivity contribution in [1.82, 2.24) is 10.6 Å². The van der Waals surface area contributed by atoms with Crippen molar-refractivity contribution in [1.29, 1.82) is 0 Å². The number of hydrogen-bond donors (Lipinski definition) is 2. The van der Waals surface area contributed by atoms with E-state index in [9.17, 15) is 4.79 Å². The third kappa shape index (κ3) is 6.32. The van der Waals surface area contributed by atoms with Gasteiger partial charge in [0.15, 0.2) is 11.5 Å². The van der Waals surface area contributed by atoms with E-state index in [2.05, 4.69) is 10.6 Å². The quantitative estimate of drug-likeness (QED) is 0.631. The molecule has 1 amide bonds. The van der Waals surface area contributed by atoms with Crippen LogP contribution in [0.1, 0.15) is 12.5 Å². The number of amides is 1. The van der Waals surface area contributed by atoms with E-state index in [1.165, 1.54) is 0 Å². The van der Waals surface area contributed by atoms with E-state index in [1.807, 2.05) is 25.1 Å². The summed E-state index contributed by atoms with van der Waals surface area (Å²) in [5, 5.41) is 5.97. The van der Waals surface area contributed by atoms with Gasteiger partial charge in [0.1, 0.15) is 0 Å². The van der Waals surface area contributed by atoms with Gasteiger partial charge in [-0.3, -0.25) is 4.79 Å². The van der Waals surface area contributed by atoms with Crippen LogP contribution in [0, 0.1) is 0 Å². The van der Waals surface area contributed by atoms with Gasteiger partial charge in [0.25, 0.3) is 0 Å². The van der Waals surface area contributed by atoms with Gasteiger partial charge in [-0.1, -0.05) is 6.07 Å². The van der Waals surface area contributed by atoms with Gasteiger partial charge >= 0.3 is 0 Å². The summed E-state index contributed by atoms with van der Waals surface area (Å²) >= 11 is 0. The molecule has 0 aliphatic carbocycles. The summed E-state index contributed by atoms with van der Waals surface area (Å²) in [4.78, 5) is 11.8. The Morgan fingerprint density at radius 2 is 1.91 bits per heavy atom. The number of ether oxygens (including phenoxy) is 3. The van der Waals surface area contributed by atoms with E-state index >= 15 is 0 Å². The van der Waals surface area contributed by atoms with Gasteiger partial charge in [-0.25, -0.2) is 0 Å². The molecule has 1 unspecified atom stereocenters. The van der Waals surface area contributed by atoms with Crippen LogP contribution in [-0.4, -0.2) is 53.0 Å². The summed E-state index contributed by atoms with van der Waals surface area (Å²) in [5.74, 6) is 1.37. The van der Waals surface area contributed by atoms with Crippen LogP contribution >= 0.6 is 0 Å². The highest BCUT2D eigenvalue weighted by molar-refractivity contribution is 5.78. The first-order valence-corrected chi connectivity index (χ1v) is 7.30. The summed E-state index contributed by atoms with van der Waals surface area (Å²) in [6.07, 6.45) is 0.726. The van der Waals surface area contributed by atoms with Crippen molar-refractivity contribution in [3.8, 4) is 11.5 Å². The fourth-order valence-electron chi connectivity index (χ4n) is 2.11. The lowest BCUT2D eigenvalue weighted by atomic mass is 10.1. The SMILES string of the molecule is COCCNCC(=O)NC(C)Cc1ccc(OC)c(OC)c1. The van der Waals surface area contributed by atoms with Crippen molar-refractivity contribution in [2.24, 2.45) is 0 Å². The van der Waals surface area contributed by atoms with Crippen molar-refractivity contribution in [2.75, 3.05) is 41.0 Å². The number of rotatable bonds is 10. The standard InChI is InChI=1S/C16H26N2O4/c1-12(18-16(19)11-17-7-8-20-2)9-13-5-6-14(21-3)15(10-13)22-4/h5-6,10,12,17H,7-9,11H2,1-4H3,(H,18,19). The third-order valence-electron chi connectivity index (χ3n) is 3.17. The summed E-state index contributed by atoms with van der Waals surface area (Å²) in [7, 11) is 4.85. The zero-order chi connectivity index (χ0) is 16.4. The molecule has 0 fully saturated rings. The molecule has 0 saturated carbocycles. The number of methoxy groups -OCH3 is 3. The maximum atomic E-state index is 11.8. The lowest BCUT2D eigenvalue weighted by molar-refractivity contribution is -0.120. The Hall–Kier alpha value is -1.79. The monoisotopic (exact) mass is 310 g/mol. The van der Waals surface area contributed by atoms with Crippen LogP contribution in [0.5, 0.6) is 11.5 Å². The maximum absolute atomic E-state index is 11.8. The van der Waals surface area contributed by atoms with Crippen molar-refractivity contribution >= 4 is 5.91 Å². The molecule has 0 spiro atoms. The van der Waals surface area contributed by atoms with Gasteiger partial charge in [-0.2, -0.15) is 0 Å². The summed E-state index contributed by atoms with van der Waals surface area (Å²) in [6, 6.07) is 5.81. The first-order chi connectivity index (χ1) is 10.6. The molecule has 0 aliphatic rings. The molecular formula is C16H26N2O4. The smallest absolute Gasteiger partial charge is 0.234 e. The second kappa shape index (κ2) is 10.0. The highest BCUT2D eigenvalue weighted by atomic mass is 16.5. The number of nitrogens with one attached hydrogen (secondary N) is 2. The number of carbonyl (C=O) groups is 1. The Labute approximate surface area is 132 Å². The molecular weight excluding hydrogens is 284 g/mol. The third-order valence-corrected chi connectivity index (χ3v) is 3.17. The van der Waals surface area contributed by atoms with Gasteiger partial charge < -0.3 is 24.8 Å². The van der Waals surface area contributed by atoms with Gasteiger partial charge in [0.2, 0.25) is 5.91 Å². The van der Waals surface area contributed by atoms with Crippen LogP contribution in [-0.2, 0) is 16.0 Å². The Balaban J connectivity index is 2.44. The Morgan fingerprint density at radius 1 is 1.18 bits per heavy atom. The highest BCUT2D eigenvalue weighted by Gasteiger charge is 2.10. The van der Waals surface area contributed by atoms with Crippen LogP contribution < -0.4 is 20.1 Å². The maximum Gasteiger partial charge on any atom is 0.234 e. The first-order valence-electron chi connectivity index (χ1n) is 7.30. The predicted octanol–water partition coefficient (Wildman–Crippen LogP) is 0.987. The fraction of sp³-hybridized carbons (Fsp3) is 0.562. The second-order valence-corrected chi connectivity index (χ2v) is 5.03. The molecule has 1 aromatic carbocycles. The van der Waals surface area contributed by atoms with Crippen LogP contribution in [0.2, 0.25) is 0 Å². The molecule has 22 heavy (non-hydrogen) atoms. The molecule has 2 N–H and O–H groups in total. The van der Waals surface area contributed by atoms with Crippen molar-refractivity contribution in [2.45, 2.75) is 19.4 Å².